The van der Waals surface area contributed by atoms with Crippen molar-refractivity contribution < 1.29 is 4.79 Å². The third-order valence-corrected chi connectivity index (χ3v) is 4.12. The number of anilines is 1. The molecule has 1 amide bonds. The van der Waals surface area contributed by atoms with E-state index < -0.39 is 0 Å². The quantitative estimate of drug-likeness (QED) is 0.872. The Kier molecular flexibility index (Phi) is 4.25. The predicted octanol–water partition coefficient (Wildman–Crippen LogP) is 3.31. The van der Waals surface area contributed by atoms with E-state index in [4.69, 9.17) is 0 Å². The van der Waals surface area contributed by atoms with Gasteiger partial charge in [0.1, 0.15) is 0 Å². The molecule has 0 saturated heterocycles. The van der Waals surface area contributed by atoms with Crippen LogP contribution < -0.4 is 10.6 Å². The molecule has 1 aliphatic carbocycles. The molecule has 2 N–H and O–H groups in total. The van der Waals surface area contributed by atoms with Gasteiger partial charge in [-0.2, -0.15) is 0 Å². The molecule has 1 aromatic rings. The molecule has 1 unspecified atom stereocenters. The molecule has 1 fully saturated rings. The number of hydrogen-bond donors (Lipinski definition) is 2. The van der Waals surface area contributed by atoms with Crippen molar-refractivity contribution >= 4 is 11.6 Å². The molecular formula is C16H24N2O. The Bertz CT molecular complexity index is 454. The number of carbonyl (C=O) groups excluding carboxylic acids is 1. The zero-order valence-corrected chi connectivity index (χ0v) is 12.1. The Morgan fingerprint density at radius 3 is 2.74 bits per heavy atom. The van der Waals surface area contributed by atoms with Crippen LogP contribution in [0.5, 0.6) is 0 Å². The lowest BCUT2D eigenvalue weighted by Gasteiger charge is -2.28. The lowest BCUT2D eigenvalue weighted by Crippen LogP contribution is -2.37. The molecule has 0 aliphatic heterocycles. The number of amides is 1. The van der Waals surface area contributed by atoms with Crippen molar-refractivity contribution in [3.63, 3.8) is 0 Å². The number of rotatable bonds is 4. The Morgan fingerprint density at radius 1 is 1.37 bits per heavy atom. The number of benzene rings is 1. The van der Waals surface area contributed by atoms with Gasteiger partial charge in [0.15, 0.2) is 0 Å². The SMILES string of the molecule is CC(=O)Nc1ccccc1CNC1CCCC1(C)C. The molecule has 1 atom stereocenters. The van der Waals surface area contributed by atoms with Gasteiger partial charge in [-0.15, -0.1) is 0 Å². The molecule has 0 heterocycles. The summed E-state index contributed by atoms with van der Waals surface area (Å²) in [5, 5.41) is 6.54. The van der Waals surface area contributed by atoms with Crippen molar-refractivity contribution in [2.45, 2.75) is 52.6 Å². The second-order valence-electron chi connectivity index (χ2n) is 6.15. The average Bonchev–Trinajstić information content (AvgIpc) is 2.67. The lowest BCUT2D eigenvalue weighted by molar-refractivity contribution is -0.114. The summed E-state index contributed by atoms with van der Waals surface area (Å²) in [6, 6.07) is 8.56. The van der Waals surface area contributed by atoms with Gasteiger partial charge >= 0.3 is 0 Å². The first-order valence-corrected chi connectivity index (χ1v) is 7.08. The molecule has 2 rings (SSSR count). The lowest BCUT2D eigenvalue weighted by atomic mass is 9.87. The van der Waals surface area contributed by atoms with Crippen molar-refractivity contribution in [1.82, 2.24) is 5.32 Å². The Balaban J connectivity index is 2.01. The van der Waals surface area contributed by atoms with Crippen molar-refractivity contribution in [2.75, 3.05) is 5.32 Å². The maximum absolute atomic E-state index is 11.2. The molecular weight excluding hydrogens is 236 g/mol. The first-order chi connectivity index (χ1) is 8.99. The van der Waals surface area contributed by atoms with Crippen LogP contribution in [0.3, 0.4) is 0 Å². The van der Waals surface area contributed by atoms with Crippen LogP contribution in [0.15, 0.2) is 24.3 Å². The van der Waals surface area contributed by atoms with Crippen LogP contribution in [0.1, 0.15) is 45.6 Å². The maximum Gasteiger partial charge on any atom is 0.221 e. The zero-order valence-electron chi connectivity index (χ0n) is 12.1. The monoisotopic (exact) mass is 260 g/mol. The van der Waals surface area contributed by atoms with Gasteiger partial charge in [0.25, 0.3) is 0 Å². The van der Waals surface area contributed by atoms with Gasteiger partial charge in [-0.1, -0.05) is 38.5 Å². The predicted molar refractivity (Wildman–Crippen MR) is 79.0 cm³/mol. The van der Waals surface area contributed by atoms with Gasteiger partial charge in [0, 0.05) is 25.2 Å². The fourth-order valence-corrected chi connectivity index (χ4v) is 2.92. The van der Waals surface area contributed by atoms with E-state index >= 15 is 0 Å². The van der Waals surface area contributed by atoms with Gasteiger partial charge in [0.2, 0.25) is 5.91 Å². The summed E-state index contributed by atoms with van der Waals surface area (Å²) in [5.74, 6) is -0.0198. The van der Waals surface area contributed by atoms with Gasteiger partial charge < -0.3 is 10.6 Å². The summed E-state index contributed by atoms with van der Waals surface area (Å²) in [6.07, 6.45) is 3.84. The summed E-state index contributed by atoms with van der Waals surface area (Å²) in [7, 11) is 0. The van der Waals surface area contributed by atoms with E-state index in [1.165, 1.54) is 19.3 Å². The van der Waals surface area contributed by atoms with Crippen molar-refractivity contribution in [2.24, 2.45) is 5.41 Å². The standard InChI is InChI=1S/C16H24N2O/c1-12(19)18-14-8-5-4-7-13(14)11-17-15-9-6-10-16(15,2)3/h4-5,7-8,15,17H,6,9-11H2,1-3H3,(H,18,19). The van der Waals surface area contributed by atoms with E-state index in [1.807, 2.05) is 18.2 Å². The van der Waals surface area contributed by atoms with E-state index in [1.54, 1.807) is 6.92 Å². The van der Waals surface area contributed by atoms with Crippen LogP contribution in [0.4, 0.5) is 5.69 Å². The summed E-state index contributed by atoms with van der Waals surface area (Å²) >= 11 is 0. The summed E-state index contributed by atoms with van der Waals surface area (Å²) in [4.78, 5) is 11.2. The van der Waals surface area contributed by atoms with E-state index in [-0.39, 0.29) is 5.91 Å². The third-order valence-electron chi connectivity index (χ3n) is 4.12. The van der Waals surface area contributed by atoms with Crippen molar-refractivity contribution in [1.29, 1.82) is 0 Å². The first kappa shape index (κ1) is 14.1. The molecule has 0 radical (unpaired) electrons. The van der Waals surface area contributed by atoms with Gasteiger partial charge in [-0.3, -0.25) is 4.79 Å². The second-order valence-corrected chi connectivity index (χ2v) is 6.15. The first-order valence-electron chi connectivity index (χ1n) is 7.08. The van der Waals surface area contributed by atoms with Gasteiger partial charge in [-0.05, 0) is 29.9 Å². The Morgan fingerprint density at radius 2 is 2.11 bits per heavy atom. The average molecular weight is 260 g/mol. The van der Waals surface area contributed by atoms with E-state index in [2.05, 4.69) is 30.5 Å². The van der Waals surface area contributed by atoms with Crippen LogP contribution in [0.2, 0.25) is 0 Å². The van der Waals surface area contributed by atoms with Gasteiger partial charge in [0.05, 0.1) is 0 Å². The molecule has 3 heteroatoms. The number of hydrogen-bond acceptors (Lipinski definition) is 2. The summed E-state index contributed by atoms with van der Waals surface area (Å²) in [6.45, 7) is 7.02. The van der Waals surface area contributed by atoms with E-state index in [9.17, 15) is 4.79 Å². The minimum Gasteiger partial charge on any atom is -0.326 e. The molecule has 1 aliphatic rings. The highest BCUT2D eigenvalue weighted by Gasteiger charge is 2.33. The Hall–Kier alpha value is -1.35. The molecule has 104 valence electrons. The maximum atomic E-state index is 11.2. The molecule has 0 bridgehead atoms. The second kappa shape index (κ2) is 5.74. The van der Waals surface area contributed by atoms with Crippen LogP contribution in [0, 0.1) is 5.41 Å². The number of carbonyl (C=O) groups is 1. The van der Waals surface area contributed by atoms with Crippen molar-refractivity contribution in [3.05, 3.63) is 29.8 Å². The van der Waals surface area contributed by atoms with Crippen LogP contribution in [0.25, 0.3) is 0 Å². The molecule has 3 nitrogen and oxygen atoms in total. The van der Waals surface area contributed by atoms with Gasteiger partial charge in [-0.25, -0.2) is 0 Å². The largest absolute Gasteiger partial charge is 0.326 e. The minimum atomic E-state index is -0.0198. The zero-order chi connectivity index (χ0) is 13.9. The fourth-order valence-electron chi connectivity index (χ4n) is 2.92. The summed E-state index contributed by atoms with van der Waals surface area (Å²) < 4.78 is 0. The molecule has 1 saturated carbocycles. The van der Waals surface area contributed by atoms with Crippen molar-refractivity contribution in [3.8, 4) is 0 Å². The van der Waals surface area contributed by atoms with Crippen LogP contribution in [-0.2, 0) is 11.3 Å². The number of nitrogens with one attached hydrogen (secondary N) is 2. The number of para-hydroxylation sites is 1. The summed E-state index contributed by atoms with van der Waals surface area (Å²) in [5.41, 5.74) is 2.45. The van der Waals surface area contributed by atoms with E-state index in [0.717, 1.165) is 17.8 Å². The van der Waals surface area contributed by atoms with Crippen LogP contribution in [-0.4, -0.2) is 11.9 Å². The fraction of sp³-hybridized carbons (Fsp3) is 0.562. The smallest absolute Gasteiger partial charge is 0.221 e. The topological polar surface area (TPSA) is 41.1 Å². The van der Waals surface area contributed by atoms with E-state index in [0.29, 0.717) is 11.5 Å². The highest BCUT2D eigenvalue weighted by atomic mass is 16.1. The van der Waals surface area contributed by atoms with Crippen LogP contribution >= 0.6 is 0 Å². The highest BCUT2D eigenvalue weighted by Crippen LogP contribution is 2.37. The third kappa shape index (κ3) is 3.57. The minimum absolute atomic E-state index is 0.0198. The molecule has 1 aromatic carbocycles. The Labute approximate surface area is 115 Å². The molecule has 0 aromatic heterocycles. The highest BCUT2D eigenvalue weighted by molar-refractivity contribution is 5.89. The molecule has 0 spiro atoms. The molecule has 19 heavy (non-hydrogen) atoms. The normalized spacial score (nSPS) is 21.3.